The predicted molar refractivity (Wildman–Crippen MR) is 70.6 cm³/mol. The van der Waals surface area contributed by atoms with Gasteiger partial charge in [0.05, 0.1) is 12.7 Å². The lowest BCUT2D eigenvalue weighted by molar-refractivity contribution is 0.0486. The van der Waals surface area contributed by atoms with Crippen LogP contribution in [-0.2, 0) is 11.2 Å². The fraction of sp³-hybridized carbons (Fsp3) is 0.308. The van der Waals surface area contributed by atoms with Crippen molar-refractivity contribution in [3.63, 3.8) is 0 Å². The summed E-state index contributed by atoms with van der Waals surface area (Å²) in [5, 5.41) is 4.00. The van der Waals surface area contributed by atoms with Crippen LogP contribution in [0.3, 0.4) is 0 Å². The molecule has 1 aliphatic rings. The van der Waals surface area contributed by atoms with Crippen LogP contribution in [0.25, 0.3) is 11.3 Å². The standard InChI is InChI=1S/C13H14N2O2.ClH/c14-8-13-11-3-1-2-10(9(11)4-6-16-13)12-5-7-17-15-12;/h1-3,5,7,13H,4,6,8,14H2;1H. The van der Waals surface area contributed by atoms with Crippen molar-refractivity contribution in [2.75, 3.05) is 13.2 Å². The van der Waals surface area contributed by atoms with E-state index in [1.54, 1.807) is 6.26 Å². The van der Waals surface area contributed by atoms with E-state index in [9.17, 15) is 0 Å². The van der Waals surface area contributed by atoms with E-state index in [1.165, 1.54) is 11.1 Å². The lowest BCUT2D eigenvalue weighted by Gasteiger charge is -2.26. The molecular weight excluding hydrogens is 252 g/mol. The molecule has 5 heteroatoms. The quantitative estimate of drug-likeness (QED) is 0.906. The van der Waals surface area contributed by atoms with Crippen molar-refractivity contribution in [1.82, 2.24) is 5.16 Å². The summed E-state index contributed by atoms with van der Waals surface area (Å²) in [6.07, 6.45) is 2.49. The molecule has 0 amide bonds. The molecule has 0 fully saturated rings. The monoisotopic (exact) mass is 266 g/mol. The van der Waals surface area contributed by atoms with Crippen LogP contribution < -0.4 is 5.73 Å². The molecule has 1 aliphatic heterocycles. The van der Waals surface area contributed by atoms with Gasteiger partial charge in [-0.1, -0.05) is 23.4 Å². The summed E-state index contributed by atoms with van der Waals surface area (Å²) in [6, 6.07) is 8.04. The maximum absolute atomic E-state index is 5.73. The van der Waals surface area contributed by atoms with Crippen molar-refractivity contribution in [2.24, 2.45) is 5.73 Å². The summed E-state index contributed by atoms with van der Waals surface area (Å²) >= 11 is 0. The average molecular weight is 267 g/mol. The van der Waals surface area contributed by atoms with Gasteiger partial charge in [-0.15, -0.1) is 12.4 Å². The van der Waals surface area contributed by atoms with Crippen molar-refractivity contribution in [1.29, 1.82) is 0 Å². The summed E-state index contributed by atoms with van der Waals surface area (Å²) in [5.41, 5.74) is 10.2. The zero-order valence-corrected chi connectivity index (χ0v) is 10.7. The molecule has 96 valence electrons. The van der Waals surface area contributed by atoms with Crippen LogP contribution in [0.5, 0.6) is 0 Å². The first kappa shape index (κ1) is 13.1. The van der Waals surface area contributed by atoms with E-state index in [0.717, 1.165) is 17.7 Å². The molecular formula is C13H15ClN2O2. The zero-order valence-electron chi connectivity index (χ0n) is 9.83. The number of rotatable bonds is 2. The van der Waals surface area contributed by atoms with Gasteiger partial charge in [0.25, 0.3) is 0 Å². The molecule has 4 nitrogen and oxygen atoms in total. The number of hydrogen-bond donors (Lipinski definition) is 1. The maximum atomic E-state index is 5.73. The first-order valence-corrected chi connectivity index (χ1v) is 5.74. The van der Waals surface area contributed by atoms with Crippen molar-refractivity contribution in [2.45, 2.75) is 12.5 Å². The lowest BCUT2D eigenvalue weighted by Crippen LogP contribution is -2.23. The molecule has 2 N–H and O–H groups in total. The Hall–Kier alpha value is -1.36. The van der Waals surface area contributed by atoms with Crippen molar-refractivity contribution >= 4 is 12.4 Å². The number of fused-ring (bicyclic) bond motifs is 1. The minimum absolute atomic E-state index is 0. The normalized spacial score (nSPS) is 17.9. The van der Waals surface area contributed by atoms with E-state index in [1.807, 2.05) is 12.1 Å². The summed E-state index contributed by atoms with van der Waals surface area (Å²) < 4.78 is 10.6. The molecule has 18 heavy (non-hydrogen) atoms. The average Bonchev–Trinajstić information content (AvgIpc) is 2.91. The molecule has 0 radical (unpaired) electrons. The highest BCUT2D eigenvalue weighted by molar-refractivity contribution is 5.85. The Balaban J connectivity index is 0.00000120. The molecule has 1 aromatic heterocycles. The summed E-state index contributed by atoms with van der Waals surface area (Å²) in [4.78, 5) is 0. The largest absolute Gasteiger partial charge is 0.372 e. The Morgan fingerprint density at radius 3 is 2.94 bits per heavy atom. The van der Waals surface area contributed by atoms with E-state index in [4.69, 9.17) is 15.0 Å². The van der Waals surface area contributed by atoms with Gasteiger partial charge in [-0.2, -0.15) is 0 Å². The minimum Gasteiger partial charge on any atom is -0.372 e. The Morgan fingerprint density at radius 2 is 2.22 bits per heavy atom. The fourth-order valence-electron chi connectivity index (χ4n) is 2.36. The van der Waals surface area contributed by atoms with Crippen LogP contribution in [0.2, 0.25) is 0 Å². The second-order valence-corrected chi connectivity index (χ2v) is 4.10. The number of benzene rings is 1. The van der Waals surface area contributed by atoms with E-state index < -0.39 is 0 Å². The maximum Gasteiger partial charge on any atom is 0.124 e. The lowest BCUT2D eigenvalue weighted by atomic mass is 9.91. The molecule has 3 rings (SSSR count). The summed E-state index contributed by atoms with van der Waals surface area (Å²) in [7, 11) is 0. The van der Waals surface area contributed by atoms with Gasteiger partial charge in [0, 0.05) is 18.2 Å². The molecule has 1 aromatic carbocycles. The van der Waals surface area contributed by atoms with Gasteiger partial charge < -0.3 is 15.0 Å². The predicted octanol–water partition coefficient (Wildman–Crippen LogP) is 2.34. The van der Waals surface area contributed by atoms with Crippen LogP contribution in [0.4, 0.5) is 0 Å². The van der Waals surface area contributed by atoms with E-state index in [-0.39, 0.29) is 18.5 Å². The molecule has 0 spiro atoms. The van der Waals surface area contributed by atoms with Gasteiger partial charge in [0.15, 0.2) is 0 Å². The van der Waals surface area contributed by atoms with Crippen LogP contribution in [0.1, 0.15) is 17.2 Å². The van der Waals surface area contributed by atoms with Crippen LogP contribution in [0, 0.1) is 0 Å². The first-order valence-electron chi connectivity index (χ1n) is 5.74. The Morgan fingerprint density at radius 1 is 1.33 bits per heavy atom. The van der Waals surface area contributed by atoms with Crippen molar-refractivity contribution in [3.8, 4) is 11.3 Å². The van der Waals surface area contributed by atoms with Gasteiger partial charge in [-0.25, -0.2) is 0 Å². The zero-order chi connectivity index (χ0) is 11.7. The fourth-order valence-corrected chi connectivity index (χ4v) is 2.36. The van der Waals surface area contributed by atoms with Gasteiger partial charge in [0.2, 0.25) is 0 Å². The number of hydrogen-bond acceptors (Lipinski definition) is 4. The van der Waals surface area contributed by atoms with Crippen LogP contribution in [-0.4, -0.2) is 18.3 Å². The van der Waals surface area contributed by atoms with Crippen LogP contribution >= 0.6 is 12.4 Å². The third kappa shape index (κ3) is 2.14. The van der Waals surface area contributed by atoms with Crippen molar-refractivity contribution < 1.29 is 9.26 Å². The van der Waals surface area contributed by atoms with Gasteiger partial charge in [-0.3, -0.25) is 0 Å². The molecule has 0 bridgehead atoms. The molecule has 0 saturated heterocycles. The van der Waals surface area contributed by atoms with Gasteiger partial charge >= 0.3 is 0 Å². The molecule has 0 aliphatic carbocycles. The molecule has 1 unspecified atom stereocenters. The Bertz CT molecular complexity index is 514. The topological polar surface area (TPSA) is 61.3 Å². The van der Waals surface area contributed by atoms with Crippen molar-refractivity contribution in [3.05, 3.63) is 41.7 Å². The Labute approximate surface area is 112 Å². The smallest absolute Gasteiger partial charge is 0.124 e. The number of nitrogens with zero attached hydrogens (tertiary/aromatic N) is 1. The highest BCUT2D eigenvalue weighted by Crippen LogP contribution is 2.33. The molecule has 1 atom stereocenters. The summed E-state index contributed by atoms with van der Waals surface area (Å²) in [6.45, 7) is 1.22. The highest BCUT2D eigenvalue weighted by atomic mass is 35.5. The third-order valence-corrected chi connectivity index (χ3v) is 3.16. The van der Waals surface area contributed by atoms with E-state index in [0.29, 0.717) is 13.2 Å². The molecule has 2 heterocycles. The Kier molecular flexibility index (Phi) is 4.01. The van der Waals surface area contributed by atoms with Gasteiger partial charge in [0.1, 0.15) is 12.0 Å². The molecule has 2 aromatic rings. The second-order valence-electron chi connectivity index (χ2n) is 4.10. The second kappa shape index (κ2) is 5.52. The molecule has 0 saturated carbocycles. The number of ether oxygens (including phenoxy) is 1. The number of aromatic nitrogens is 1. The number of nitrogens with two attached hydrogens (primary N) is 1. The van der Waals surface area contributed by atoms with Gasteiger partial charge in [-0.05, 0) is 17.5 Å². The minimum atomic E-state index is 0. The van der Waals surface area contributed by atoms with E-state index >= 15 is 0 Å². The number of halogens is 1. The third-order valence-electron chi connectivity index (χ3n) is 3.16. The van der Waals surface area contributed by atoms with Crippen LogP contribution in [0.15, 0.2) is 35.1 Å². The van der Waals surface area contributed by atoms with E-state index in [2.05, 4.69) is 17.3 Å². The summed E-state index contributed by atoms with van der Waals surface area (Å²) in [5.74, 6) is 0. The first-order chi connectivity index (χ1) is 8.40. The SMILES string of the molecule is Cl.NCC1OCCc2c(-c3ccon3)cccc21. The highest BCUT2D eigenvalue weighted by Gasteiger charge is 2.22.